The van der Waals surface area contributed by atoms with Crippen LogP contribution in [0.25, 0.3) is 0 Å². The van der Waals surface area contributed by atoms with Crippen LogP contribution in [0.1, 0.15) is 53.9 Å². The van der Waals surface area contributed by atoms with Gasteiger partial charge in [0.1, 0.15) is 0 Å². The van der Waals surface area contributed by atoms with Crippen molar-refractivity contribution in [3.8, 4) is 0 Å². The first kappa shape index (κ1) is 14.7. The van der Waals surface area contributed by atoms with Gasteiger partial charge in [-0.15, -0.1) is 0 Å². The Hall–Kier alpha value is -0.315. The highest BCUT2D eigenvalue weighted by atomic mass is 16.5. The summed E-state index contributed by atoms with van der Waals surface area (Å²) in [6, 6.07) is 0. The standard InChI is InChI=1S/C13H25BO3/c1-10-6-8-11(9-7-10)14(16)17-13(4,5)12(2,3)15/h8,10,15-16H,6-7,9H2,1-5H3. The van der Waals surface area contributed by atoms with Crippen molar-refractivity contribution < 1.29 is 14.8 Å². The van der Waals surface area contributed by atoms with Gasteiger partial charge in [0.15, 0.2) is 0 Å². The second-order valence-corrected chi connectivity index (χ2v) is 6.20. The normalized spacial score (nSPS) is 22.3. The molecule has 1 aliphatic carbocycles. The molecule has 1 rings (SSSR count). The molecule has 98 valence electrons. The van der Waals surface area contributed by atoms with Crippen LogP contribution in [0, 0.1) is 5.92 Å². The third-order valence-electron chi connectivity index (χ3n) is 3.91. The molecule has 0 amide bonds. The summed E-state index contributed by atoms with van der Waals surface area (Å²) in [6.07, 6.45) is 5.04. The summed E-state index contributed by atoms with van der Waals surface area (Å²) < 4.78 is 5.61. The molecule has 4 heteroatoms. The molecule has 0 aliphatic heterocycles. The zero-order valence-corrected chi connectivity index (χ0v) is 11.7. The summed E-state index contributed by atoms with van der Waals surface area (Å²) in [5.41, 5.74) is -0.826. The van der Waals surface area contributed by atoms with Crippen molar-refractivity contribution in [2.45, 2.75) is 65.1 Å². The van der Waals surface area contributed by atoms with E-state index < -0.39 is 18.3 Å². The molecular weight excluding hydrogens is 215 g/mol. The lowest BCUT2D eigenvalue weighted by Gasteiger charge is -2.39. The summed E-state index contributed by atoms with van der Waals surface area (Å²) in [5.74, 6) is 0.688. The molecule has 0 heterocycles. The number of allylic oxidation sites excluding steroid dienone is 2. The van der Waals surface area contributed by atoms with Crippen LogP contribution in [0.2, 0.25) is 0 Å². The average molecular weight is 240 g/mol. The number of rotatable bonds is 4. The van der Waals surface area contributed by atoms with Crippen LogP contribution in [0.15, 0.2) is 11.5 Å². The first-order valence-electron chi connectivity index (χ1n) is 6.40. The second-order valence-electron chi connectivity index (χ2n) is 6.20. The quantitative estimate of drug-likeness (QED) is 0.741. The van der Waals surface area contributed by atoms with E-state index in [1.165, 1.54) is 0 Å². The fourth-order valence-electron chi connectivity index (χ4n) is 1.71. The van der Waals surface area contributed by atoms with Gasteiger partial charge in [-0.2, -0.15) is 0 Å². The molecule has 0 bridgehead atoms. The van der Waals surface area contributed by atoms with Crippen molar-refractivity contribution in [3.63, 3.8) is 0 Å². The Balaban J connectivity index is 2.64. The van der Waals surface area contributed by atoms with E-state index in [4.69, 9.17) is 4.65 Å². The maximum Gasteiger partial charge on any atom is 0.487 e. The van der Waals surface area contributed by atoms with E-state index in [1.807, 2.05) is 0 Å². The van der Waals surface area contributed by atoms with Gasteiger partial charge in [-0.3, -0.25) is 0 Å². The molecule has 1 atom stereocenters. The third-order valence-corrected chi connectivity index (χ3v) is 3.91. The molecule has 17 heavy (non-hydrogen) atoms. The van der Waals surface area contributed by atoms with E-state index in [0.29, 0.717) is 5.92 Å². The van der Waals surface area contributed by atoms with Gasteiger partial charge in [0.25, 0.3) is 0 Å². The van der Waals surface area contributed by atoms with Crippen molar-refractivity contribution in [2.24, 2.45) is 5.92 Å². The molecule has 0 fully saturated rings. The van der Waals surface area contributed by atoms with E-state index in [9.17, 15) is 10.1 Å². The third kappa shape index (κ3) is 3.83. The minimum Gasteiger partial charge on any atom is -0.423 e. The van der Waals surface area contributed by atoms with Gasteiger partial charge in [-0.25, -0.2) is 0 Å². The molecule has 0 spiro atoms. The molecule has 0 saturated carbocycles. The molecule has 3 nitrogen and oxygen atoms in total. The maximum absolute atomic E-state index is 10.1. The van der Waals surface area contributed by atoms with E-state index in [1.54, 1.807) is 27.7 Å². The van der Waals surface area contributed by atoms with E-state index in [-0.39, 0.29) is 0 Å². The highest BCUT2D eigenvalue weighted by molar-refractivity contribution is 6.52. The summed E-state index contributed by atoms with van der Waals surface area (Å²) in [7, 11) is -0.899. The van der Waals surface area contributed by atoms with Crippen LogP contribution < -0.4 is 0 Å². The van der Waals surface area contributed by atoms with Crippen molar-refractivity contribution in [2.75, 3.05) is 0 Å². The lowest BCUT2D eigenvalue weighted by molar-refractivity contribution is -0.0990. The predicted molar refractivity (Wildman–Crippen MR) is 70.5 cm³/mol. The first-order valence-corrected chi connectivity index (χ1v) is 6.40. The highest BCUT2D eigenvalue weighted by Gasteiger charge is 2.40. The zero-order chi connectivity index (χ0) is 13.3. The largest absolute Gasteiger partial charge is 0.487 e. The monoisotopic (exact) mass is 240 g/mol. The number of hydrogen-bond acceptors (Lipinski definition) is 3. The van der Waals surface area contributed by atoms with Gasteiger partial charge in [-0.05, 0) is 58.3 Å². The van der Waals surface area contributed by atoms with E-state index >= 15 is 0 Å². The molecular formula is C13H25BO3. The summed E-state index contributed by atoms with van der Waals surface area (Å²) in [4.78, 5) is 0. The molecule has 1 unspecified atom stereocenters. The summed E-state index contributed by atoms with van der Waals surface area (Å²) >= 11 is 0. The Morgan fingerprint density at radius 2 is 1.94 bits per heavy atom. The maximum atomic E-state index is 10.1. The summed E-state index contributed by atoms with van der Waals surface area (Å²) in [5, 5.41) is 20.0. The van der Waals surface area contributed by atoms with Crippen molar-refractivity contribution in [3.05, 3.63) is 11.5 Å². The predicted octanol–water partition coefficient (Wildman–Crippen LogP) is 2.32. The van der Waals surface area contributed by atoms with Crippen molar-refractivity contribution in [1.82, 2.24) is 0 Å². The molecule has 0 aromatic carbocycles. The zero-order valence-electron chi connectivity index (χ0n) is 11.7. The Bertz CT molecular complexity index is 292. The first-order chi connectivity index (χ1) is 7.63. The summed E-state index contributed by atoms with van der Waals surface area (Å²) in [6.45, 7) is 9.18. The Kier molecular flexibility index (Phi) is 4.45. The molecule has 0 aromatic rings. The van der Waals surface area contributed by atoms with Crippen LogP contribution in [-0.2, 0) is 4.65 Å². The van der Waals surface area contributed by atoms with Crippen molar-refractivity contribution >= 4 is 7.12 Å². The highest BCUT2D eigenvalue weighted by Crippen LogP contribution is 2.29. The van der Waals surface area contributed by atoms with Gasteiger partial charge in [0, 0.05) is 0 Å². The SMILES string of the molecule is CC1CC=C(B(O)OC(C)(C)C(C)(C)O)CC1. The topological polar surface area (TPSA) is 49.7 Å². The number of hydrogen-bond donors (Lipinski definition) is 2. The van der Waals surface area contributed by atoms with Crippen LogP contribution in [0.3, 0.4) is 0 Å². The van der Waals surface area contributed by atoms with Crippen molar-refractivity contribution in [1.29, 1.82) is 0 Å². The van der Waals surface area contributed by atoms with Crippen LogP contribution in [0.5, 0.6) is 0 Å². The van der Waals surface area contributed by atoms with Gasteiger partial charge >= 0.3 is 7.12 Å². The molecule has 0 aromatic heterocycles. The Morgan fingerprint density at radius 1 is 1.35 bits per heavy atom. The van der Waals surface area contributed by atoms with Crippen LogP contribution in [0.4, 0.5) is 0 Å². The minimum absolute atomic E-state index is 0.688. The molecule has 0 saturated heterocycles. The van der Waals surface area contributed by atoms with E-state index in [0.717, 1.165) is 24.7 Å². The lowest BCUT2D eigenvalue weighted by Crippen LogP contribution is -2.51. The fraction of sp³-hybridized carbons (Fsp3) is 0.846. The van der Waals surface area contributed by atoms with E-state index in [2.05, 4.69) is 13.0 Å². The fourth-order valence-corrected chi connectivity index (χ4v) is 1.71. The second kappa shape index (κ2) is 5.13. The lowest BCUT2D eigenvalue weighted by atomic mass is 9.70. The van der Waals surface area contributed by atoms with Crippen LogP contribution in [-0.4, -0.2) is 28.5 Å². The Labute approximate surface area is 105 Å². The van der Waals surface area contributed by atoms with Gasteiger partial charge in [0.2, 0.25) is 0 Å². The molecule has 1 aliphatic rings. The smallest absolute Gasteiger partial charge is 0.423 e. The molecule has 2 N–H and O–H groups in total. The van der Waals surface area contributed by atoms with Crippen LogP contribution >= 0.6 is 0 Å². The van der Waals surface area contributed by atoms with Gasteiger partial charge in [0.05, 0.1) is 11.2 Å². The Morgan fingerprint density at radius 3 is 2.35 bits per heavy atom. The number of aliphatic hydroxyl groups is 1. The van der Waals surface area contributed by atoms with Gasteiger partial charge in [-0.1, -0.05) is 13.0 Å². The minimum atomic E-state index is -0.990. The van der Waals surface area contributed by atoms with Gasteiger partial charge < -0.3 is 14.8 Å². The molecule has 0 radical (unpaired) electrons. The average Bonchev–Trinajstić information content (AvgIpc) is 2.16.